The number of unbranched alkanes of at least 4 members (excludes halogenated alkanes) is 1. The van der Waals surface area contributed by atoms with Crippen molar-refractivity contribution in [1.29, 1.82) is 0 Å². The quantitative estimate of drug-likeness (QED) is 0.0112. The Bertz CT molecular complexity index is 3660. The van der Waals surface area contributed by atoms with Crippen LogP contribution in [-0.2, 0) is 22.4 Å². The lowest BCUT2D eigenvalue weighted by Crippen LogP contribution is -2.43. The fourth-order valence-electron chi connectivity index (χ4n) is 8.26. The molecule has 1 atom stereocenters. The third kappa shape index (κ3) is 22.2. The van der Waals surface area contributed by atoms with E-state index in [1.165, 1.54) is 24.3 Å². The van der Waals surface area contributed by atoms with Crippen molar-refractivity contribution in [2.75, 3.05) is 64.2 Å². The van der Waals surface area contributed by atoms with Gasteiger partial charge < -0.3 is 45.6 Å². The molecule has 0 radical (unpaired) electrons. The van der Waals surface area contributed by atoms with Gasteiger partial charge in [0.25, 0.3) is 17.7 Å². The number of rotatable bonds is 26. The SMILES string of the molecule is CN(C)c1ccc(N=Nc2ccc(C(=O)NCCc3cc(F)c(O)c(F)c3)cc2)cc1.CN(C)c1ccc(N=Nc2ccc(C(=O)NCCc3cc(F)c(OCC(=O)[C@H](CCCCNC(=O)OC(C)(C)C)NC(=O)c4cccc(N=[N+]=[N-])c4)c(F)c3)cc2)cc1. The van der Waals surface area contributed by atoms with Gasteiger partial charge in [-0.25, -0.2) is 22.4 Å². The van der Waals surface area contributed by atoms with Gasteiger partial charge in [0, 0.05) is 86.5 Å². The molecular weight excluding hydrogens is 1170 g/mol. The van der Waals surface area contributed by atoms with Crippen LogP contribution in [0.2, 0.25) is 0 Å². The van der Waals surface area contributed by atoms with Crippen LogP contribution < -0.4 is 35.8 Å². The van der Waals surface area contributed by atoms with E-state index < -0.39 is 76.7 Å². The summed E-state index contributed by atoms with van der Waals surface area (Å²) in [6.07, 6.45) is 0.606. The standard InChI is InChI=1S/C42H47F2N9O6.C23H22F2N4O2/c1-42(2,3)59-41(57)47-21-7-6-11-36(48-40(56)29-9-8-10-32(25-29)51-52-45)37(54)26-58-38-34(43)23-27(24-35(38)44)20-22-46-39(55)28-12-14-30(15-13-28)49-50-31-16-18-33(19-17-31)53(4)5;1-29(2)19-9-7-18(8-10-19)28-27-17-5-3-16(4-6-17)23(31)26-12-11-15-13-20(24)22(30)21(25)14-15/h8-10,12-19,23-25,36H,6-7,11,20-22,26H2,1-5H3,(H,46,55)(H,47,57)(H,48,56);3-10,13-14,30H,11-12H2,1-2H3,(H,26,31)/t36-;/m0./s1. The van der Waals surface area contributed by atoms with Crippen LogP contribution in [0.25, 0.3) is 10.4 Å². The molecule has 90 heavy (non-hydrogen) atoms. The number of Topliss-reactive ketones (excluding diaryl/α,β-unsaturated/α-hetero) is 1. The van der Waals surface area contributed by atoms with E-state index in [0.29, 0.717) is 46.6 Å². The highest BCUT2D eigenvalue weighted by atomic mass is 19.1. The van der Waals surface area contributed by atoms with Crippen molar-refractivity contribution in [3.63, 3.8) is 0 Å². The summed E-state index contributed by atoms with van der Waals surface area (Å²) < 4.78 is 67.5. The van der Waals surface area contributed by atoms with Crippen LogP contribution in [0.15, 0.2) is 171 Å². The zero-order chi connectivity index (χ0) is 65.3. The van der Waals surface area contributed by atoms with Crippen LogP contribution in [0.1, 0.15) is 82.2 Å². The van der Waals surface area contributed by atoms with Gasteiger partial charge in [-0.05, 0) is 203 Å². The van der Waals surface area contributed by atoms with E-state index in [-0.39, 0.29) is 61.6 Å². The monoisotopic (exact) mass is 1240 g/mol. The van der Waals surface area contributed by atoms with Gasteiger partial charge in [-0.2, -0.15) is 20.5 Å². The number of phenolic OH excluding ortho intramolecular Hbond substituents is 1. The topological polar surface area (TPSA) is 277 Å². The molecule has 0 heterocycles. The lowest BCUT2D eigenvalue weighted by molar-refractivity contribution is -0.123. The molecule has 0 spiro atoms. The van der Waals surface area contributed by atoms with Gasteiger partial charge in [-0.1, -0.05) is 17.2 Å². The molecular formula is C65H69F4N13O8. The Labute approximate surface area is 517 Å². The number of azide groups is 1. The molecule has 0 aliphatic rings. The first-order valence-electron chi connectivity index (χ1n) is 28.3. The number of benzene rings is 7. The zero-order valence-corrected chi connectivity index (χ0v) is 50.6. The summed E-state index contributed by atoms with van der Waals surface area (Å²) >= 11 is 0. The molecule has 21 nitrogen and oxygen atoms in total. The second kappa shape index (κ2) is 33.4. The molecule has 7 rings (SSSR count). The highest BCUT2D eigenvalue weighted by molar-refractivity contribution is 5.99. The van der Waals surface area contributed by atoms with Crippen molar-refractivity contribution < 1.29 is 56.1 Å². The number of hydrogen-bond acceptors (Lipinski definition) is 15. The van der Waals surface area contributed by atoms with Gasteiger partial charge in [0.2, 0.25) is 0 Å². The number of carbonyl (C=O) groups excluding carboxylic acids is 5. The number of hydrogen-bond donors (Lipinski definition) is 5. The van der Waals surface area contributed by atoms with Crippen molar-refractivity contribution in [3.05, 3.63) is 207 Å². The summed E-state index contributed by atoms with van der Waals surface area (Å²) in [5.74, 6) is -7.97. The molecule has 0 fully saturated rings. The number of nitrogens with one attached hydrogen (secondary N) is 4. The summed E-state index contributed by atoms with van der Waals surface area (Å²) in [4.78, 5) is 70.1. The van der Waals surface area contributed by atoms with Gasteiger partial charge in [-0.3, -0.25) is 19.2 Å². The molecule has 0 aliphatic carbocycles. The summed E-state index contributed by atoms with van der Waals surface area (Å²) in [5, 5.41) is 40.0. The Balaban J connectivity index is 0.000000347. The first-order valence-corrected chi connectivity index (χ1v) is 28.3. The molecule has 4 amide bonds. The van der Waals surface area contributed by atoms with E-state index in [1.807, 2.05) is 86.5 Å². The molecule has 25 heteroatoms. The number of aromatic hydroxyl groups is 1. The number of alkyl carbamates (subject to hydrolysis) is 1. The van der Waals surface area contributed by atoms with Crippen LogP contribution in [-0.4, -0.2) is 101 Å². The first kappa shape index (κ1) is 68.4. The van der Waals surface area contributed by atoms with E-state index in [4.69, 9.17) is 20.1 Å². The minimum absolute atomic E-state index is 0.0707. The minimum Gasteiger partial charge on any atom is -0.503 e. The van der Waals surface area contributed by atoms with E-state index in [1.54, 1.807) is 69.3 Å². The fourth-order valence-corrected chi connectivity index (χ4v) is 8.26. The molecule has 7 aromatic rings. The number of amides is 4. The molecule has 0 unspecified atom stereocenters. The maximum absolute atomic E-state index is 15.1. The van der Waals surface area contributed by atoms with Crippen molar-refractivity contribution in [3.8, 4) is 11.5 Å². The summed E-state index contributed by atoms with van der Waals surface area (Å²) in [6.45, 7) is 4.91. The Morgan fingerprint density at radius 1 is 0.556 bits per heavy atom. The van der Waals surface area contributed by atoms with E-state index in [2.05, 4.69) is 51.8 Å². The highest BCUT2D eigenvalue weighted by Crippen LogP contribution is 2.27. The number of nitrogens with zero attached hydrogens (tertiary/aromatic N) is 9. The number of azo groups is 2. The molecule has 0 aromatic heterocycles. The van der Waals surface area contributed by atoms with E-state index in [0.717, 1.165) is 41.3 Å². The van der Waals surface area contributed by atoms with Gasteiger partial charge in [-0.15, -0.1) is 0 Å². The lowest BCUT2D eigenvalue weighted by atomic mass is 10.0. The fraction of sp³-hybridized carbons (Fsp3) is 0.277. The average Bonchev–Trinajstić information content (AvgIpc) is 1.79. The maximum Gasteiger partial charge on any atom is 0.407 e. The first-order chi connectivity index (χ1) is 42.9. The Morgan fingerprint density at radius 3 is 1.43 bits per heavy atom. The minimum atomic E-state index is -1.13. The summed E-state index contributed by atoms with van der Waals surface area (Å²) in [7, 11) is 7.81. The van der Waals surface area contributed by atoms with Gasteiger partial charge in [0.1, 0.15) is 12.2 Å². The molecule has 5 N–H and O–H groups in total. The second-order valence-corrected chi connectivity index (χ2v) is 21.6. The molecule has 0 saturated heterocycles. The smallest absolute Gasteiger partial charge is 0.407 e. The lowest BCUT2D eigenvalue weighted by Gasteiger charge is -2.20. The Hall–Kier alpha value is -10.7. The molecule has 7 aromatic carbocycles. The van der Waals surface area contributed by atoms with Crippen LogP contribution in [0.5, 0.6) is 11.5 Å². The third-order valence-corrected chi connectivity index (χ3v) is 13.0. The number of anilines is 2. The number of carbonyl (C=O) groups is 5. The van der Waals surface area contributed by atoms with Crippen LogP contribution in [0.4, 0.5) is 62.2 Å². The third-order valence-electron chi connectivity index (χ3n) is 13.0. The molecule has 0 bridgehead atoms. The predicted molar refractivity (Wildman–Crippen MR) is 334 cm³/mol. The number of halogens is 4. The predicted octanol–water partition coefficient (Wildman–Crippen LogP) is 13.9. The normalized spacial score (nSPS) is 11.4. The number of ether oxygens (including phenoxy) is 2. The highest BCUT2D eigenvalue weighted by Gasteiger charge is 2.24. The number of phenols is 1. The van der Waals surface area contributed by atoms with Crippen LogP contribution in [0.3, 0.4) is 0 Å². The molecule has 0 aliphatic heterocycles. The van der Waals surface area contributed by atoms with E-state index >= 15 is 8.78 Å². The maximum atomic E-state index is 15.1. The summed E-state index contributed by atoms with van der Waals surface area (Å²) in [6, 6.07) is 37.1. The summed E-state index contributed by atoms with van der Waals surface area (Å²) in [5.41, 5.74) is 14.4. The van der Waals surface area contributed by atoms with Gasteiger partial charge >= 0.3 is 6.09 Å². The Morgan fingerprint density at radius 2 is 1.00 bits per heavy atom. The van der Waals surface area contributed by atoms with Crippen molar-refractivity contribution >= 4 is 69.4 Å². The Kier molecular flexibility index (Phi) is 25.4. The zero-order valence-electron chi connectivity index (χ0n) is 50.6. The van der Waals surface area contributed by atoms with Gasteiger partial charge in [0.15, 0.2) is 40.6 Å². The second-order valence-electron chi connectivity index (χ2n) is 21.6. The van der Waals surface area contributed by atoms with Crippen LogP contribution in [0, 0.1) is 23.3 Å². The van der Waals surface area contributed by atoms with Crippen molar-refractivity contribution in [2.45, 2.75) is 64.5 Å². The van der Waals surface area contributed by atoms with Gasteiger partial charge in [0.05, 0.1) is 28.8 Å². The molecule has 0 saturated carbocycles. The molecule has 470 valence electrons. The van der Waals surface area contributed by atoms with Crippen molar-refractivity contribution in [2.24, 2.45) is 25.6 Å². The number of ketones is 1. The largest absolute Gasteiger partial charge is 0.503 e. The van der Waals surface area contributed by atoms with Crippen LogP contribution >= 0.6 is 0 Å². The van der Waals surface area contributed by atoms with E-state index in [9.17, 15) is 32.8 Å². The van der Waals surface area contributed by atoms with Crippen molar-refractivity contribution in [1.82, 2.24) is 21.3 Å². The average molecular weight is 1240 g/mol.